The maximum atomic E-state index is 11.9. The number of Topliss-reactive ketones (excluding diaryl/α,β-unsaturated/α-hetero) is 1. The third kappa shape index (κ3) is 4.43. The predicted octanol–water partition coefficient (Wildman–Crippen LogP) is 4.89. The molecule has 0 saturated carbocycles. The van der Waals surface area contributed by atoms with Gasteiger partial charge in [-0.2, -0.15) is 0 Å². The molecule has 128 valence electrons. The Morgan fingerprint density at radius 3 is 1.74 bits per heavy atom. The summed E-state index contributed by atoms with van der Waals surface area (Å²) >= 11 is 0. The zero-order valence-electron chi connectivity index (χ0n) is 15.5. The first-order valence-corrected chi connectivity index (χ1v) is 8.30. The molecular weight excluding hydrogens is 288 g/mol. The second-order valence-electron chi connectivity index (χ2n) is 7.75. The summed E-state index contributed by atoms with van der Waals surface area (Å²) in [6, 6.07) is 4.48. The van der Waals surface area contributed by atoms with E-state index in [-0.39, 0.29) is 16.6 Å². The first kappa shape index (κ1) is 19.4. The minimum atomic E-state index is -0.833. The van der Waals surface area contributed by atoms with Crippen molar-refractivity contribution in [2.24, 2.45) is 0 Å². The lowest BCUT2D eigenvalue weighted by molar-refractivity contribution is -0.134. The SMILES string of the molecule is CC(=O)O.CCc1cc2c(cc1C(C)=O)C(C)(C)CCC2(C)C. The Balaban J connectivity index is 0.000000593. The number of ketones is 1. The van der Waals surface area contributed by atoms with Crippen LogP contribution >= 0.6 is 0 Å². The number of carbonyl (C=O) groups is 2. The molecule has 0 saturated heterocycles. The number of fused-ring (bicyclic) bond motifs is 1. The Bertz CT molecular complexity index is 606. The highest BCUT2D eigenvalue weighted by Crippen LogP contribution is 2.46. The van der Waals surface area contributed by atoms with Crippen molar-refractivity contribution in [2.45, 2.75) is 78.6 Å². The molecule has 3 heteroatoms. The molecule has 0 heterocycles. The summed E-state index contributed by atoms with van der Waals surface area (Å²) in [5, 5.41) is 7.42. The molecule has 23 heavy (non-hydrogen) atoms. The number of hydrogen-bond acceptors (Lipinski definition) is 2. The largest absolute Gasteiger partial charge is 0.481 e. The minimum Gasteiger partial charge on any atom is -0.481 e. The van der Waals surface area contributed by atoms with Crippen LogP contribution in [0.25, 0.3) is 0 Å². The molecule has 0 atom stereocenters. The smallest absolute Gasteiger partial charge is 0.300 e. The maximum absolute atomic E-state index is 11.9. The van der Waals surface area contributed by atoms with Gasteiger partial charge in [0.1, 0.15) is 0 Å². The molecule has 1 aromatic rings. The van der Waals surface area contributed by atoms with Crippen LogP contribution in [0.4, 0.5) is 0 Å². The van der Waals surface area contributed by atoms with Crippen LogP contribution in [0.15, 0.2) is 12.1 Å². The molecule has 0 amide bonds. The van der Waals surface area contributed by atoms with Gasteiger partial charge in [0.2, 0.25) is 0 Å². The highest BCUT2D eigenvalue weighted by molar-refractivity contribution is 5.96. The van der Waals surface area contributed by atoms with Crippen LogP contribution in [0.2, 0.25) is 0 Å². The lowest BCUT2D eigenvalue weighted by Gasteiger charge is -2.42. The van der Waals surface area contributed by atoms with Gasteiger partial charge in [-0.25, -0.2) is 0 Å². The van der Waals surface area contributed by atoms with Gasteiger partial charge < -0.3 is 5.11 Å². The second kappa shape index (κ2) is 6.86. The monoisotopic (exact) mass is 318 g/mol. The van der Waals surface area contributed by atoms with E-state index in [0.717, 1.165) is 18.9 Å². The summed E-state index contributed by atoms with van der Waals surface area (Å²) in [5.41, 5.74) is 5.37. The second-order valence-corrected chi connectivity index (χ2v) is 7.75. The minimum absolute atomic E-state index is 0.182. The number of carbonyl (C=O) groups excluding carboxylic acids is 1. The van der Waals surface area contributed by atoms with E-state index < -0.39 is 5.97 Å². The molecule has 1 N–H and O–H groups in total. The van der Waals surface area contributed by atoms with Crippen molar-refractivity contribution in [3.05, 3.63) is 34.4 Å². The standard InChI is InChI=1S/C18H26O.C2H4O2/c1-7-13-10-15-16(11-14(13)12(2)19)18(5,6)9-8-17(15,3)4;1-2(3)4/h10-11H,7-9H2,1-6H3;1H3,(H,3,4). The van der Waals surface area contributed by atoms with E-state index in [0.29, 0.717) is 0 Å². The van der Waals surface area contributed by atoms with Crippen LogP contribution in [0.5, 0.6) is 0 Å². The molecule has 0 unspecified atom stereocenters. The average molecular weight is 318 g/mol. The summed E-state index contributed by atoms with van der Waals surface area (Å²) in [7, 11) is 0. The van der Waals surface area contributed by atoms with Crippen LogP contribution in [0, 0.1) is 0 Å². The molecule has 0 spiro atoms. The van der Waals surface area contributed by atoms with Gasteiger partial charge >= 0.3 is 0 Å². The molecule has 0 bridgehead atoms. The fourth-order valence-corrected chi connectivity index (χ4v) is 3.28. The van der Waals surface area contributed by atoms with Crippen molar-refractivity contribution in [2.75, 3.05) is 0 Å². The van der Waals surface area contributed by atoms with Gasteiger partial charge in [0, 0.05) is 12.5 Å². The van der Waals surface area contributed by atoms with Crippen molar-refractivity contribution >= 4 is 11.8 Å². The summed E-state index contributed by atoms with van der Waals surface area (Å²) in [4.78, 5) is 20.9. The summed E-state index contributed by atoms with van der Waals surface area (Å²) < 4.78 is 0. The van der Waals surface area contributed by atoms with Crippen molar-refractivity contribution < 1.29 is 14.7 Å². The third-order valence-corrected chi connectivity index (χ3v) is 4.84. The topological polar surface area (TPSA) is 54.4 Å². The Labute approximate surface area is 140 Å². The van der Waals surface area contributed by atoms with Gasteiger partial charge in [0.05, 0.1) is 0 Å². The first-order chi connectivity index (χ1) is 10.4. The van der Waals surface area contributed by atoms with Gasteiger partial charge in [0.15, 0.2) is 5.78 Å². The fraction of sp³-hybridized carbons (Fsp3) is 0.600. The molecule has 0 radical (unpaired) electrons. The van der Waals surface area contributed by atoms with Crippen LogP contribution in [-0.2, 0) is 22.0 Å². The number of carboxylic acids is 1. The zero-order chi connectivity index (χ0) is 18.0. The highest BCUT2D eigenvalue weighted by atomic mass is 16.4. The summed E-state index contributed by atoms with van der Waals surface area (Å²) in [5.74, 6) is -0.640. The number of aliphatic carboxylic acids is 1. The van der Waals surface area contributed by atoms with E-state index in [1.165, 1.54) is 29.5 Å². The van der Waals surface area contributed by atoms with E-state index >= 15 is 0 Å². The molecule has 0 fully saturated rings. The van der Waals surface area contributed by atoms with E-state index in [4.69, 9.17) is 9.90 Å². The van der Waals surface area contributed by atoms with Crippen LogP contribution in [0.1, 0.15) is 88.4 Å². The van der Waals surface area contributed by atoms with Crippen LogP contribution in [0.3, 0.4) is 0 Å². The first-order valence-electron chi connectivity index (χ1n) is 8.30. The Morgan fingerprint density at radius 1 is 1.00 bits per heavy atom. The Morgan fingerprint density at radius 2 is 1.39 bits per heavy atom. The van der Waals surface area contributed by atoms with Gasteiger partial charge in [-0.15, -0.1) is 0 Å². The average Bonchev–Trinajstić information content (AvgIpc) is 2.42. The third-order valence-electron chi connectivity index (χ3n) is 4.84. The van der Waals surface area contributed by atoms with E-state index in [2.05, 4.69) is 46.8 Å². The number of benzene rings is 1. The zero-order valence-corrected chi connectivity index (χ0v) is 15.5. The maximum Gasteiger partial charge on any atom is 0.300 e. The fourth-order valence-electron chi connectivity index (χ4n) is 3.28. The Hall–Kier alpha value is -1.64. The van der Waals surface area contributed by atoms with Crippen molar-refractivity contribution in [1.82, 2.24) is 0 Å². The molecular formula is C20H30O3. The van der Waals surface area contributed by atoms with Crippen molar-refractivity contribution in [3.63, 3.8) is 0 Å². The van der Waals surface area contributed by atoms with Gasteiger partial charge in [-0.3, -0.25) is 9.59 Å². The van der Waals surface area contributed by atoms with Crippen molar-refractivity contribution in [1.29, 1.82) is 0 Å². The molecule has 1 aliphatic rings. The predicted molar refractivity (Wildman–Crippen MR) is 94.4 cm³/mol. The number of carboxylic acid groups (broad SMARTS) is 1. The van der Waals surface area contributed by atoms with E-state index in [9.17, 15) is 4.79 Å². The molecule has 1 aliphatic carbocycles. The molecule has 0 aliphatic heterocycles. The van der Waals surface area contributed by atoms with E-state index in [1.807, 2.05) is 0 Å². The highest BCUT2D eigenvalue weighted by Gasteiger charge is 2.37. The quantitative estimate of drug-likeness (QED) is 0.790. The molecule has 2 rings (SSSR count). The molecule has 0 aromatic heterocycles. The van der Waals surface area contributed by atoms with Crippen LogP contribution in [-0.4, -0.2) is 16.9 Å². The molecule has 3 nitrogen and oxygen atoms in total. The lowest BCUT2D eigenvalue weighted by atomic mass is 9.62. The van der Waals surface area contributed by atoms with Gasteiger partial charge in [-0.1, -0.05) is 40.7 Å². The van der Waals surface area contributed by atoms with Gasteiger partial charge in [-0.05, 0) is 59.8 Å². The number of aryl methyl sites for hydroxylation is 1. The van der Waals surface area contributed by atoms with E-state index in [1.54, 1.807) is 6.92 Å². The molecule has 1 aromatic carbocycles. The normalized spacial score (nSPS) is 17.5. The van der Waals surface area contributed by atoms with Gasteiger partial charge in [0.25, 0.3) is 5.97 Å². The lowest BCUT2D eigenvalue weighted by Crippen LogP contribution is -2.34. The van der Waals surface area contributed by atoms with Crippen molar-refractivity contribution in [3.8, 4) is 0 Å². The summed E-state index contributed by atoms with van der Waals surface area (Å²) in [6.07, 6.45) is 3.34. The Kier molecular flexibility index (Phi) is 5.79. The number of hydrogen-bond donors (Lipinski definition) is 1. The number of rotatable bonds is 2. The summed E-state index contributed by atoms with van der Waals surface area (Å²) in [6.45, 7) is 14.2. The van der Waals surface area contributed by atoms with Crippen LogP contribution < -0.4 is 0 Å².